The van der Waals surface area contributed by atoms with E-state index in [2.05, 4.69) is 14.9 Å². The number of likely N-dealkylation sites (tertiary alicyclic amines) is 1. The number of ether oxygens (including phenoxy) is 2. The highest BCUT2D eigenvalue weighted by Gasteiger charge is 2.30. The number of rotatable bonds is 5. The number of nitrogens with zero attached hydrogens (tertiary/aromatic N) is 4. The van der Waals surface area contributed by atoms with E-state index in [9.17, 15) is 4.79 Å². The summed E-state index contributed by atoms with van der Waals surface area (Å²) in [5.41, 5.74) is 0. The molecule has 1 atom stereocenters. The van der Waals surface area contributed by atoms with Gasteiger partial charge >= 0.3 is 0 Å². The highest BCUT2D eigenvalue weighted by molar-refractivity contribution is 5.76. The first kappa shape index (κ1) is 18.5. The molecule has 7 nitrogen and oxygen atoms in total. The fraction of sp³-hybridized carbons (Fsp3) is 0.750. The maximum Gasteiger partial charge on any atom is 0.257 e. The monoisotopic (exact) mass is 374 g/mol. The van der Waals surface area contributed by atoms with Crippen LogP contribution in [0.3, 0.4) is 0 Å². The van der Waals surface area contributed by atoms with Gasteiger partial charge in [0.2, 0.25) is 5.91 Å². The molecule has 0 N–H and O–H groups in total. The van der Waals surface area contributed by atoms with Crippen molar-refractivity contribution < 1.29 is 14.3 Å². The molecule has 1 saturated carbocycles. The minimum atomic E-state index is -0.00297. The average Bonchev–Trinajstić information content (AvgIpc) is 3.19. The van der Waals surface area contributed by atoms with E-state index >= 15 is 0 Å². The number of carbonyl (C=O) groups is 1. The van der Waals surface area contributed by atoms with Crippen molar-refractivity contribution in [2.24, 2.45) is 5.92 Å². The van der Waals surface area contributed by atoms with E-state index in [1.807, 2.05) is 4.90 Å². The molecule has 1 aliphatic carbocycles. The van der Waals surface area contributed by atoms with E-state index in [1.165, 1.54) is 32.1 Å². The topological polar surface area (TPSA) is 67.8 Å². The van der Waals surface area contributed by atoms with Crippen LogP contribution in [0.1, 0.15) is 44.9 Å². The Labute approximate surface area is 161 Å². The molecule has 0 spiro atoms. The zero-order valence-electron chi connectivity index (χ0n) is 16.0. The van der Waals surface area contributed by atoms with Crippen molar-refractivity contribution in [2.75, 3.05) is 44.3 Å². The van der Waals surface area contributed by atoms with Gasteiger partial charge < -0.3 is 19.3 Å². The summed E-state index contributed by atoms with van der Waals surface area (Å²) in [4.78, 5) is 25.7. The van der Waals surface area contributed by atoms with Crippen LogP contribution in [0.15, 0.2) is 12.4 Å². The molecule has 0 aromatic carbocycles. The number of hydrogen-bond acceptors (Lipinski definition) is 6. The molecular weight excluding hydrogens is 344 g/mol. The van der Waals surface area contributed by atoms with Gasteiger partial charge in [0, 0.05) is 44.9 Å². The van der Waals surface area contributed by atoms with E-state index in [0.717, 1.165) is 31.9 Å². The summed E-state index contributed by atoms with van der Waals surface area (Å²) in [6.45, 7) is 4.43. The molecule has 0 radical (unpaired) electrons. The lowest BCUT2D eigenvalue weighted by Gasteiger charge is -2.29. The number of aromatic nitrogens is 2. The molecule has 1 aromatic rings. The fourth-order valence-electron chi connectivity index (χ4n) is 4.37. The first-order valence-electron chi connectivity index (χ1n) is 10.4. The lowest BCUT2D eigenvalue weighted by Crippen LogP contribution is -2.37. The highest BCUT2D eigenvalue weighted by atomic mass is 16.5. The molecule has 0 bridgehead atoms. The maximum atomic E-state index is 12.6. The van der Waals surface area contributed by atoms with Crippen LogP contribution in [0.2, 0.25) is 0 Å². The van der Waals surface area contributed by atoms with Crippen molar-refractivity contribution in [1.29, 1.82) is 0 Å². The fourth-order valence-corrected chi connectivity index (χ4v) is 4.37. The van der Waals surface area contributed by atoms with Crippen LogP contribution in [-0.4, -0.2) is 66.3 Å². The van der Waals surface area contributed by atoms with Crippen LogP contribution < -0.4 is 9.64 Å². The number of hydrogen-bond donors (Lipinski definition) is 0. The van der Waals surface area contributed by atoms with Gasteiger partial charge in [-0.3, -0.25) is 4.79 Å². The van der Waals surface area contributed by atoms with Gasteiger partial charge in [-0.1, -0.05) is 19.3 Å². The Kier molecular flexibility index (Phi) is 6.07. The molecule has 2 aliphatic heterocycles. The molecular formula is C20H30N4O3. The van der Waals surface area contributed by atoms with Crippen molar-refractivity contribution in [3.63, 3.8) is 0 Å². The third kappa shape index (κ3) is 4.69. The Morgan fingerprint density at radius 1 is 1.07 bits per heavy atom. The minimum Gasteiger partial charge on any atom is -0.470 e. The van der Waals surface area contributed by atoms with Crippen LogP contribution >= 0.6 is 0 Å². The molecule has 27 heavy (non-hydrogen) atoms. The summed E-state index contributed by atoms with van der Waals surface area (Å²) >= 11 is 0. The second-order valence-corrected chi connectivity index (χ2v) is 7.86. The molecule has 1 amide bonds. The number of anilines is 1. The molecule has 2 saturated heterocycles. The predicted molar refractivity (Wildman–Crippen MR) is 102 cm³/mol. The summed E-state index contributed by atoms with van der Waals surface area (Å²) in [5, 5.41) is 0. The Balaban J connectivity index is 1.32. The Hall–Kier alpha value is -1.89. The van der Waals surface area contributed by atoms with Crippen LogP contribution in [0.5, 0.6) is 5.88 Å². The smallest absolute Gasteiger partial charge is 0.257 e. The zero-order valence-corrected chi connectivity index (χ0v) is 16.0. The van der Waals surface area contributed by atoms with Gasteiger partial charge in [0.15, 0.2) is 5.82 Å². The van der Waals surface area contributed by atoms with Gasteiger partial charge in [-0.2, -0.15) is 0 Å². The third-order valence-electron chi connectivity index (χ3n) is 5.92. The molecule has 1 unspecified atom stereocenters. The lowest BCUT2D eigenvalue weighted by atomic mass is 9.87. The number of carbonyl (C=O) groups excluding carboxylic acids is 1. The van der Waals surface area contributed by atoms with Gasteiger partial charge in [-0.15, -0.1) is 0 Å². The maximum absolute atomic E-state index is 12.6. The zero-order chi connectivity index (χ0) is 18.5. The van der Waals surface area contributed by atoms with Gasteiger partial charge in [0.25, 0.3) is 5.88 Å². The van der Waals surface area contributed by atoms with E-state index in [0.29, 0.717) is 43.9 Å². The lowest BCUT2D eigenvalue weighted by molar-refractivity contribution is -0.131. The van der Waals surface area contributed by atoms with Crippen LogP contribution in [0.25, 0.3) is 0 Å². The number of amides is 1. The van der Waals surface area contributed by atoms with E-state index in [-0.39, 0.29) is 6.10 Å². The average molecular weight is 374 g/mol. The molecule has 1 aromatic heterocycles. The quantitative estimate of drug-likeness (QED) is 0.788. The van der Waals surface area contributed by atoms with E-state index < -0.39 is 0 Å². The summed E-state index contributed by atoms with van der Waals surface area (Å²) in [7, 11) is 0. The molecule has 3 fully saturated rings. The second kappa shape index (κ2) is 8.87. The van der Waals surface area contributed by atoms with Gasteiger partial charge in [0.1, 0.15) is 6.10 Å². The Morgan fingerprint density at radius 2 is 1.85 bits per heavy atom. The SMILES string of the molecule is O=C(CC1CCCCC1)N1CCC(Oc2nccnc2N2CCOCC2)C1. The van der Waals surface area contributed by atoms with E-state index in [1.54, 1.807) is 12.4 Å². The summed E-state index contributed by atoms with van der Waals surface area (Å²) in [5.74, 6) is 2.23. The standard InChI is InChI=1S/C20H30N4O3/c25-18(14-16-4-2-1-3-5-16)24-9-6-17(15-24)27-20-19(21-7-8-22-20)23-10-12-26-13-11-23/h7-8,16-17H,1-6,9-15H2. The largest absolute Gasteiger partial charge is 0.470 e. The van der Waals surface area contributed by atoms with Crippen LogP contribution in [0, 0.1) is 5.92 Å². The van der Waals surface area contributed by atoms with Crippen LogP contribution in [-0.2, 0) is 9.53 Å². The molecule has 7 heteroatoms. The van der Waals surface area contributed by atoms with Gasteiger partial charge in [-0.05, 0) is 18.8 Å². The summed E-state index contributed by atoms with van der Waals surface area (Å²) in [6.07, 6.45) is 11.2. The van der Waals surface area contributed by atoms with Crippen molar-refractivity contribution in [2.45, 2.75) is 51.0 Å². The normalized spacial score (nSPS) is 24.2. The highest BCUT2D eigenvalue weighted by Crippen LogP contribution is 2.29. The predicted octanol–water partition coefficient (Wildman–Crippen LogP) is 2.26. The minimum absolute atomic E-state index is 0.00297. The third-order valence-corrected chi connectivity index (χ3v) is 5.92. The Morgan fingerprint density at radius 3 is 2.67 bits per heavy atom. The van der Waals surface area contributed by atoms with Crippen molar-refractivity contribution >= 4 is 11.7 Å². The molecule has 148 valence electrons. The first-order valence-corrected chi connectivity index (χ1v) is 10.4. The first-order chi connectivity index (χ1) is 13.3. The molecule has 3 aliphatic rings. The van der Waals surface area contributed by atoms with Gasteiger partial charge in [0.05, 0.1) is 19.8 Å². The van der Waals surface area contributed by atoms with Crippen LogP contribution in [0.4, 0.5) is 5.82 Å². The van der Waals surface area contributed by atoms with Crippen molar-refractivity contribution in [3.8, 4) is 5.88 Å². The van der Waals surface area contributed by atoms with Crippen molar-refractivity contribution in [1.82, 2.24) is 14.9 Å². The Bertz CT molecular complexity index is 629. The second-order valence-electron chi connectivity index (χ2n) is 7.86. The number of morpholine rings is 1. The van der Waals surface area contributed by atoms with E-state index in [4.69, 9.17) is 9.47 Å². The molecule has 3 heterocycles. The molecule has 4 rings (SSSR count). The van der Waals surface area contributed by atoms with Crippen molar-refractivity contribution in [3.05, 3.63) is 12.4 Å². The summed E-state index contributed by atoms with van der Waals surface area (Å²) < 4.78 is 11.6. The van der Waals surface area contributed by atoms with Gasteiger partial charge in [-0.25, -0.2) is 9.97 Å². The summed E-state index contributed by atoms with van der Waals surface area (Å²) in [6, 6.07) is 0.